The van der Waals surface area contributed by atoms with E-state index in [9.17, 15) is 14.4 Å². The van der Waals surface area contributed by atoms with Gasteiger partial charge in [0.05, 0.1) is 0 Å². The minimum absolute atomic E-state index is 0.0450. The highest BCUT2D eigenvalue weighted by Gasteiger charge is 2.24. The molecule has 3 N–H and O–H groups in total. The molecule has 7 nitrogen and oxygen atoms in total. The summed E-state index contributed by atoms with van der Waals surface area (Å²) in [7, 11) is 0. The Morgan fingerprint density at radius 3 is 2.42 bits per heavy atom. The number of ether oxygens (including phenoxy) is 1. The molecule has 0 bridgehead atoms. The van der Waals surface area contributed by atoms with Gasteiger partial charge in [0.2, 0.25) is 11.8 Å². The van der Waals surface area contributed by atoms with Gasteiger partial charge in [-0.25, -0.2) is 4.79 Å². The molecule has 0 heterocycles. The molecule has 1 atom stereocenters. The van der Waals surface area contributed by atoms with Crippen molar-refractivity contribution in [2.45, 2.75) is 46.7 Å². The van der Waals surface area contributed by atoms with Crippen molar-refractivity contribution in [3.63, 3.8) is 0 Å². The lowest BCUT2D eigenvalue weighted by molar-refractivity contribution is -0.139. The third-order valence-corrected chi connectivity index (χ3v) is 3.59. The Kier molecular flexibility index (Phi) is 8.61. The molecular weight excluding hydrogens is 336 g/mol. The highest BCUT2D eigenvalue weighted by atomic mass is 16.5. The van der Waals surface area contributed by atoms with Crippen molar-refractivity contribution in [2.75, 3.05) is 6.61 Å². The molecule has 0 radical (unpaired) electrons. The van der Waals surface area contributed by atoms with Crippen molar-refractivity contribution in [1.82, 2.24) is 10.6 Å². The molecular formula is C19H28N2O5. The topological polar surface area (TPSA) is 105 Å². The number of benzene rings is 1. The molecule has 0 aliphatic rings. The molecule has 26 heavy (non-hydrogen) atoms. The van der Waals surface area contributed by atoms with Gasteiger partial charge < -0.3 is 20.5 Å². The molecule has 1 unspecified atom stereocenters. The largest absolute Gasteiger partial charge is 0.482 e. The Balaban J connectivity index is 2.63. The average Bonchev–Trinajstić information content (AvgIpc) is 2.55. The fourth-order valence-corrected chi connectivity index (χ4v) is 2.33. The third kappa shape index (κ3) is 8.00. The van der Waals surface area contributed by atoms with Gasteiger partial charge in [-0.1, -0.05) is 39.8 Å². The molecule has 0 spiro atoms. The molecule has 1 rings (SSSR count). The normalized spacial score (nSPS) is 11.9. The maximum atomic E-state index is 12.4. The number of aliphatic carboxylic acids is 1. The zero-order chi connectivity index (χ0) is 19.7. The second kappa shape index (κ2) is 10.4. The van der Waals surface area contributed by atoms with Gasteiger partial charge in [0.25, 0.3) is 0 Å². The van der Waals surface area contributed by atoms with Gasteiger partial charge in [-0.3, -0.25) is 9.59 Å². The lowest BCUT2D eigenvalue weighted by Crippen LogP contribution is -2.49. The molecule has 1 aromatic rings. The maximum Gasteiger partial charge on any atom is 0.341 e. The first-order valence-electron chi connectivity index (χ1n) is 8.69. The molecule has 0 aromatic heterocycles. The number of carboxylic acid groups (broad SMARTS) is 1. The Labute approximate surface area is 154 Å². The van der Waals surface area contributed by atoms with E-state index in [0.717, 1.165) is 5.56 Å². The van der Waals surface area contributed by atoms with Gasteiger partial charge in [-0.15, -0.1) is 0 Å². The summed E-state index contributed by atoms with van der Waals surface area (Å²) in [6.45, 7) is 7.48. The Morgan fingerprint density at radius 2 is 1.85 bits per heavy atom. The summed E-state index contributed by atoms with van der Waals surface area (Å²) >= 11 is 0. The number of carboxylic acids is 1. The number of hydrogen-bond acceptors (Lipinski definition) is 4. The first-order valence-corrected chi connectivity index (χ1v) is 8.69. The number of hydrogen-bond donors (Lipinski definition) is 3. The quantitative estimate of drug-likeness (QED) is 0.589. The molecule has 0 fully saturated rings. The molecule has 0 saturated heterocycles. The molecule has 0 aliphatic carbocycles. The van der Waals surface area contributed by atoms with Crippen molar-refractivity contribution in [3.05, 3.63) is 29.8 Å². The highest BCUT2D eigenvalue weighted by molar-refractivity contribution is 5.87. The molecule has 7 heteroatoms. The number of amides is 2. The predicted molar refractivity (Wildman–Crippen MR) is 97.6 cm³/mol. The van der Waals surface area contributed by atoms with Crippen LogP contribution in [0.5, 0.6) is 5.75 Å². The first-order chi connectivity index (χ1) is 12.2. The fraction of sp³-hybridized carbons (Fsp3) is 0.526. The van der Waals surface area contributed by atoms with E-state index in [0.29, 0.717) is 12.2 Å². The predicted octanol–water partition coefficient (Wildman–Crippen LogP) is 1.95. The number of carbonyl (C=O) groups is 3. The Morgan fingerprint density at radius 1 is 1.15 bits per heavy atom. The van der Waals surface area contributed by atoms with Gasteiger partial charge >= 0.3 is 5.97 Å². The zero-order valence-corrected chi connectivity index (χ0v) is 15.7. The van der Waals surface area contributed by atoms with Gasteiger partial charge in [-0.2, -0.15) is 0 Å². The second-order valence-corrected chi connectivity index (χ2v) is 6.93. The van der Waals surface area contributed by atoms with Crippen molar-refractivity contribution >= 4 is 17.8 Å². The SMILES string of the molecule is CC(C)CC(=O)NC(C(=O)NCc1cccc(OCC(=O)O)c1)C(C)C. The smallest absolute Gasteiger partial charge is 0.341 e. The van der Waals surface area contributed by atoms with E-state index in [4.69, 9.17) is 9.84 Å². The van der Waals surface area contributed by atoms with Crippen LogP contribution >= 0.6 is 0 Å². The summed E-state index contributed by atoms with van der Waals surface area (Å²) in [6, 6.07) is 6.24. The van der Waals surface area contributed by atoms with Gasteiger partial charge in [0.15, 0.2) is 6.61 Å². The van der Waals surface area contributed by atoms with Crippen LogP contribution in [0.4, 0.5) is 0 Å². The Hall–Kier alpha value is -2.57. The van der Waals surface area contributed by atoms with Crippen molar-refractivity contribution in [3.8, 4) is 5.75 Å². The van der Waals surface area contributed by atoms with Crippen molar-refractivity contribution in [2.24, 2.45) is 11.8 Å². The van der Waals surface area contributed by atoms with E-state index < -0.39 is 18.6 Å². The standard InChI is InChI=1S/C19H28N2O5/c1-12(2)8-16(22)21-18(13(3)4)19(25)20-10-14-6-5-7-15(9-14)26-11-17(23)24/h5-7,9,12-13,18H,8,10-11H2,1-4H3,(H,20,25)(H,21,22)(H,23,24). The number of carbonyl (C=O) groups excluding carboxylic acids is 2. The van der Waals surface area contributed by atoms with Gasteiger partial charge in [0.1, 0.15) is 11.8 Å². The summed E-state index contributed by atoms with van der Waals surface area (Å²) < 4.78 is 5.12. The van der Waals surface area contributed by atoms with Crippen LogP contribution in [0.15, 0.2) is 24.3 Å². The minimum Gasteiger partial charge on any atom is -0.482 e. The lowest BCUT2D eigenvalue weighted by Gasteiger charge is -2.22. The van der Waals surface area contributed by atoms with E-state index in [1.165, 1.54) is 0 Å². The van der Waals surface area contributed by atoms with Gasteiger partial charge in [-0.05, 0) is 29.5 Å². The third-order valence-electron chi connectivity index (χ3n) is 3.59. The fourth-order valence-electron chi connectivity index (χ4n) is 2.33. The van der Waals surface area contributed by atoms with E-state index in [1.807, 2.05) is 27.7 Å². The molecule has 144 valence electrons. The van der Waals surface area contributed by atoms with Crippen LogP contribution in [0.3, 0.4) is 0 Å². The zero-order valence-electron chi connectivity index (χ0n) is 15.7. The Bertz CT molecular complexity index is 628. The van der Waals surface area contributed by atoms with Crippen LogP contribution in [-0.4, -0.2) is 35.5 Å². The van der Waals surface area contributed by atoms with Crippen LogP contribution in [0.1, 0.15) is 39.7 Å². The van der Waals surface area contributed by atoms with Crippen LogP contribution in [0.2, 0.25) is 0 Å². The van der Waals surface area contributed by atoms with Crippen molar-refractivity contribution in [1.29, 1.82) is 0 Å². The summed E-state index contributed by atoms with van der Waals surface area (Å²) in [5.74, 6) is -0.854. The summed E-state index contributed by atoms with van der Waals surface area (Å²) in [5, 5.41) is 14.2. The number of rotatable bonds is 10. The molecule has 0 aliphatic heterocycles. The minimum atomic E-state index is -1.05. The molecule has 1 aromatic carbocycles. The summed E-state index contributed by atoms with van der Waals surface area (Å²) in [4.78, 5) is 35.0. The van der Waals surface area contributed by atoms with Gasteiger partial charge in [0, 0.05) is 13.0 Å². The summed E-state index contributed by atoms with van der Waals surface area (Å²) in [6.07, 6.45) is 0.374. The van der Waals surface area contributed by atoms with E-state index in [1.54, 1.807) is 24.3 Å². The monoisotopic (exact) mass is 364 g/mol. The van der Waals surface area contributed by atoms with E-state index in [-0.39, 0.29) is 30.2 Å². The van der Waals surface area contributed by atoms with Crippen molar-refractivity contribution < 1.29 is 24.2 Å². The average molecular weight is 364 g/mol. The maximum absolute atomic E-state index is 12.4. The summed E-state index contributed by atoms with van der Waals surface area (Å²) in [5.41, 5.74) is 0.775. The second-order valence-electron chi connectivity index (χ2n) is 6.93. The molecule has 0 saturated carbocycles. The van der Waals surface area contributed by atoms with Crippen LogP contribution in [0.25, 0.3) is 0 Å². The highest BCUT2D eigenvalue weighted by Crippen LogP contribution is 2.13. The van der Waals surface area contributed by atoms with Crippen LogP contribution in [-0.2, 0) is 20.9 Å². The van der Waals surface area contributed by atoms with E-state index >= 15 is 0 Å². The van der Waals surface area contributed by atoms with Crippen LogP contribution in [0, 0.1) is 11.8 Å². The number of nitrogens with one attached hydrogen (secondary N) is 2. The lowest BCUT2D eigenvalue weighted by atomic mass is 10.0. The van der Waals surface area contributed by atoms with E-state index in [2.05, 4.69) is 10.6 Å². The first kappa shape index (κ1) is 21.5. The van der Waals surface area contributed by atoms with Crippen LogP contribution < -0.4 is 15.4 Å². The molecule has 2 amide bonds.